The van der Waals surface area contributed by atoms with E-state index in [0.29, 0.717) is 25.3 Å². The van der Waals surface area contributed by atoms with E-state index in [1.165, 1.54) is 30.3 Å². The van der Waals surface area contributed by atoms with Crippen molar-refractivity contribution in [3.8, 4) is 0 Å². The van der Waals surface area contributed by atoms with Gasteiger partial charge in [0.1, 0.15) is 0 Å². The molecule has 0 bridgehead atoms. The van der Waals surface area contributed by atoms with Crippen molar-refractivity contribution in [2.24, 2.45) is 5.92 Å². The molecule has 0 radical (unpaired) electrons. The Labute approximate surface area is 166 Å². The van der Waals surface area contributed by atoms with E-state index in [2.05, 4.69) is 29.6 Å². The van der Waals surface area contributed by atoms with Crippen LogP contribution in [0.3, 0.4) is 0 Å². The Kier molecular flexibility index (Phi) is 5.75. The SMILES string of the molecule is O=C(Cc1ccc2ccccc2c1)NCCC(=O)N1CCCC2CCCC=C21. The van der Waals surface area contributed by atoms with Crippen LogP contribution in [-0.2, 0) is 16.0 Å². The second kappa shape index (κ2) is 8.59. The second-order valence-electron chi connectivity index (χ2n) is 7.90. The molecule has 4 rings (SSSR count). The van der Waals surface area contributed by atoms with Crippen LogP contribution in [-0.4, -0.2) is 29.8 Å². The third-order valence-electron chi connectivity index (χ3n) is 5.92. The molecule has 146 valence electrons. The van der Waals surface area contributed by atoms with Gasteiger partial charge in [0.15, 0.2) is 0 Å². The number of hydrogen-bond donors (Lipinski definition) is 1. The third kappa shape index (κ3) is 4.27. The summed E-state index contributed by atoms with van der Waals surface area (Å²) in [6.07, 6.45) is 8.78. The number of nitrogens with zero attached hydrogens (tertiary/aromatic N) is 1. The molecule has 4 heteroatoms. The Morgan fingerprint density at radius 2 is 1.86 bits per heavy atom. The third-order valence-corrected chi connectivity index (χ3v) is 5.92. The molecule has 28 heavy (non-hydrogen) atoms. The van der Waals surface area contributed by atoms with E-state index in [9.17, 15) is 9.59 Å². The lowest BCUT2D eigenvalue weighted by atomic mass is 9.85. The fourth-order valence-corrected chi connectivity index (χ4v) is 4.49. The average molecular weight is 377 g/mol. The van der Waals surface area contributed by atoms with Crippen molar-refractivity contribution in [1.29, 1.82) is 0 Å². The highest BCUT2D eigenvalue weighted by Crippen LogP contribution is 2.35. The lowest BCUT2D eigenvalue weighted by molar-refractivity contribution is -0.130. The molecule has 1 fully saturated rings. The van der Waals surface area contributed by atoms with E-state index in [0.717, 1.165) is 30.3 Å². The van der Waals surface area contributed by atoms with Gasteiger partial charge in [0.05, 0.1) is 6.42 Å². The van der Waals surface area contributed by atoms with Gasteiger partial charge in [0, 0.05) is 25.2 Å². The molecule has 1 atom stereocenters. The minimum Gasteiger partial charge on any atom is -0.355 e. The van der Waals surface area contributed by atoms with Crippen LogP contribution in [0.15, 0.2) is 54.2 Å². The van der Waals surface area contributed by atoms with Gasteiger partial charge < -0.3 is 10.2 Å². The summed E-state index contributed by atoms with van der Waals surface area (Å²) >= 11 is 0. The van der Waals surface area contributed by atoms with Crippen molar-refractivity contribution < 1.29 is 9.59 Å². The summed E-state index contributed by atoms with van der Waals surface area (Å²) in [6.45, 7) is 1.23. The molecule has 0 saturated carbocycles. The highest BCUT2D eigenvalue weighted by Gasteiger charge is 2.29. The minimum atomic E-state index is -0.0310. The molecular weight excluding hydrogens is 348 g/mol. The normalized spacial score (nSPS) is 19.1. The van der Waals surface area contributed by atoms with Crippen LogP contribution in [0.25, 0.3) is 10.8 Å². The highest BCUT2D eigenvalue weighted by atomic mass is 16.2. The highest BCUT2D eigenvalue weighted by molar-refractivity contribution is 5.85. The van der Waals surface area contributed by atoms with Gasteiger partial charge in [-0.05, 0) is 54.4 Å². The molecule has 2 amide bonds. The van der Waals surface area contributed by atoms with Gasteiger partial charge in [0.25, 0.3) is 0 Å². The molecule has 4 nitrogen and oxygen atoms in total. The van der Waals surface area contributed by atoms with Crippen LogP contribution in [0.1, 0.15) is 44.1 Å². The number of piperidine rings is 1. The summed E-state index contributed by atoms with van der Waals surface area (Å²) in [6, 6.07) is 14.2. The first-order valence-electron chi connectivity index (χ1n) is 10.5. The molecule has 1 aliphatic carbocycles. The molecule has 2 aromatic rings. The molecule has 1 N–H and O–H groups in total. The Bertz CT molecular complexity index is 902. The Balaban J connectivity index is 1.27. The lowest BCUT2D eigenvalue weighted by Crippen LogP contribution is -2.40. The van der Waals surface area contributed by atoms with E-state index < -0.39 is 0 Å². The molecule has 1 aliphatic heterocycles. The van der Waals surface area contributed by atoms with E-state index in [4.69, 9.17) is 0 Å². The maximum absolute atomic E-state index is 12.7. The first kappa shape index (κ1) is 18.7. The standard InChI is InChI=1S/C24H28N2O2/c27-23(17-18-11-12-19-6-1-2-8-21(19)16-18)25-14-13-24(28)26-15-5-9-20-7-3-4-10-22(20)26/h1-2,6,8,10-12,16,20H,3-5,7,9,13-15,17H2,(H,25,27). The number of nitrogens with one attached hydrogen (secondary N) is 1. The zero-order chi connectivity index (χ0) is 19.3. The van der Waals surface area contributed by atoms with E-state index in [1.807, 2.05) is 29.2 Å². The molecule has 1 heterocycles. The lowest BCUT2D eigenvalue weighted by Gasteiger charge is -2.38. The first-order valence-corrected chi connectivity index (χ1v) is 10.5. The van der Waals surface area contributed by atoms with Crippen LogP contribution >= 0.6 is 0 Å². The van der Waals surface area contributed by atoms with Crippen molar-refractivity contribution in [1.82, 2.24) is 10.2 Å². The quantitative estimate of drug-likeness (QED) is 0.850. The van der Waals surface area contributed by atoms with E-state index in [-0.39, 0.29) is 11.8 Å². The van der Waals surface area contributed by atoms with Crippen LogP contribution in [0.4, 0.5) is 0 Å². The van der Waals surface area contributed by atoms with Crippen LogP contribution in [0, 0.1) is 5.92 Å². The van der Waals surface area contributed by atoms with Crippen molar-refractivity contribution in [2.45, 2.75) is 44.9 Å². The maximum atomic E-state index is 12.7. The molecule has 0 aromatic heterocycles. The monoisotopic (exact) mass is 376 g/mol. The summed E-state index contributed by atoms with van der Waals surface area (Å²) in [5, 5.41) is 5.23. The number of fused-ring (bicyclic) bond motifs is 2. The minimum absolute atomic E-state index is 0.0310. The van der Waals surface area contributed by atoms with Gasteiger partial charge in [-0.15, -0.1) is 0 Å². The number of amides is 2. The topological polar surface area (TPSA) is 49.4 Å². The van der Waals surface area contributed by atoms with Gasteiger partial charge >= 0.3 is 0 Å². The molecule has 2 aromatic carbocycles. The van der Waals surface area contributed by atoms with Crippen molar-refractivity contribution in [3.63, 3.8) is 0 Å². The molecule has 1 saturated heterocycles. The smallest absolute Gasteiger partial charge is 0.228 e. The predicted molar refractivity (Wildman–Crippen MR) is 112 cm³/mol. The number of carbonyl (C=O) groups excluding carboxylic acids is 2. The maximum Gasteiger partial charge on any atom is 0.228 e. The largest absolute Gasteiger partial charge is 0.355 e. The summed E-state index contributed by atoms with van der Waals surface area (Å²) in [5.74, 6) is 0.675. The number of hydrogen-bond acceptors (Lipinski definition) is 2. The van der Waals surface area contributed by atoms with Gasteiger partial charge in [-0.25, -0.2) is 0 Å². The van der Waals surface area contributed by atoms with Crippen LogP contribution in [0.2, 0.25) is 0 Å². The van der Waals surface area contributed by atoms with Crippen molar-refractivity contribution in [3.05, 3.63) is 59.8 Å². The molecular formula is C24H28N2O2. The predicted octanol–water partition coefficient (Wildman–Crippen LogP) is 4.20. The fourth-order valence-electron chi connectivity index (χ4n) is 4.49. The van der Waals surface area contributed by atoms with Gasteiger partial charge in [0.2, 0.25) is 11.8 Å². The summed E-state index contributed by atoms with van der Waals surface area (Å²) in [7, 11) is 0. The Hall–Kier alpha value is -2.62. The van der Waals surface area contributed by atoms with Crippen molar-refractivity contribution >= 4 is 22.6 Å². The number of allylic oxidation sites excluding steroid dienone is 2. The number of rotatable bonds is 5. The fraction of sp³-hybridized carbons (Fsp3) is 0.417. The zero-order valence-corrected chi connectivity index (χ0v) is 16.3. The number of carbonyl (C=O) groups is 2. The Morgan fingerprint density at radius 3 is 2.75 bits per heavy atom. The summed E-state index contributed by atoms with van der Waals surface area (Å²) in [5.41, 5.74) is 2.23. The molecule has 0 spiro atoms. The second-order valence-corrected chi connectivity index (χ2v) is 7.90. The van der Waals surface area contributed by atoms with Gasteiger partial charge in [-0.3, -0.25) is 9.59 Å². The van der Waals surface area contributed by atoms with Gasteiger partial charge in [-0.1, -0.05) is 48.5 Å². The first-order chi connectivity index (χ1) is 13.7. The van der Waals surface area contributed by atoms with Crippen molar-refractivity contribution in [2.75, 3.05) is 13.1 Å². The molecule has 2 aliphatic rings. The number of likely N-dealkylation sites (tertiary alicyclic amines) is 1. The van der Waals surface area contributed by atoms with Gasteiger partial charge in [-0.2, -0.15) is 0 Å². The van der Waals surface area contributed by atoms with Crippen LogP contribution < -0.4 is 5.32 Å². The summed E-state index contributed by atoms with van der Waals surface area (Å²) < 4.78 is 0. The van der Waals surface area contributed by atoms with E-state index >= 15 is 0 Å². The van der Waals surface area contributed by atoms with E-state index in [1.54, 1.807) is 0 Å². The van der Waals surface area contributed by atoms with Crippen LogP contribution in [0.5, 0.6) is 0 Å². The summed E-state index contributed by atoms with van der Waals surface area (Å²) in [4.78, 5) is 26.9. The number of benzene rings is 2. The Morgan fingerprint density at radius 1 is 1.04 bits per heavy atom. The zero-order valence-electron chi connectivity index (χ0n) is 16.3. The average Bonchev–Trinajstić information content (AvgIpc) is 2.73. The molecule has 1 unspecified atom stereocenters.